The van der Waals surface area contributed by atoms with E-state index in [0.29, 0.717) is 0 Å². The zero-order valence-corrected chi connectivity index (χ0v) is 18.9. The number of para-hydroxylation sites is 2. The van der Waals surface area contributed by atoms with Crippen molar-refractivity contribution in [2.24, 2.45) is 0 Å². The predicted octanol–water partition coefficient (Wildman–Crippen LogP) is 7.41. The van der Waals surface area contributed by atoms with Gasteiger partial charge in [-0.15, -0.1) is 0 Å². The topological polar surface area (TPSA) is 32.3 Å². The maximum atomic E-state index is 12.5. The molecule has 4 aromatic rings. The van der Waals surface area contributed by atoms with Crippen molar-refractivity contribution in [2.45, 2.75) is 0 Å². The summed E-state index contributed by atoms with van der Waals surface area (Å²) in [6, 6.07) is 36.3. The fraction of sp³-hybridized carbons (Fsp3) is 0. The fourth-order valence-corrected chi connectivity index (χ4v) is 3.73. The molecule has 0 saturated heterocycles. The number of anilines is 4. The second kappa shape index (κ2) is 10.1. The molecule has 1 amide bonds. The van der Waals surface area contributed by atoms with Crippen LogP contribution in [-0.2, 0) is 4.79 Å². The summed E-state index contributed by atoms with van der Waals surface area (Å²) in [6.45, 7) is 0. The molecule has 0 aromatic heterocycles. The van der Waals surface area contributed by atoms with E-state index in [9.17, 15) is 4.79 Å². The van der Waals surface area contributed by atoms with Gasteiger partial charge in [-0.2, -0.15) is 0 Å². The average molecular weight is 516 g/mol. The first-order valence-corrected chi connectivity index (χ1v) is 11.0. The lowest BCUT2D eigenvalue weighted by molar-refractivity contribution is -0.111. The van der Waals surface area contributed by atoms with Gasteiger partial charge in [0.05, 0.1) is 5.69 Å². The molecule has 31 heavy (non-hydrogen) atoms. The third-order valence-corrected chi connectivity index (χ3v) is 5.66. The van der Waals surface area contributed by atoms with E-state index >= 15 is 0 Å². The molecule has 0 saturated carbocycles. The van der Waals surface area contributed by atoms with Gasteiger partial charge in [-0.25, -0.2) is 0 Å². The van der Waals surface area contributed by atoms with Gasteiger partial charge in [-0.05, 0) is 76.7 Å². The number of benzene rings is 4. The molecule has 0 heterocycles. The summed E-state index contributed by atoms with van der Waals surface area (Å²) in [6.07, 6.45) is 3.37. The number of hydrogen-bond acceptors (Lipinski definition) is 2. The fourth-order valence-electron chi connectivity index (χ4n) is 3.26. The number of carbonyl (C=O) groups excluding carboxylic acids is 1. The molecule has 0 aliphatic carbocycles. The molecule has 4 aromatic carbocycles. The van der Waals surface area contributed by atoms with Crippen molar-refractivity contribution >= 4 is 57.3 Å². The zero-order valence-electron chi connectivity index (χ0n) is 16.8. The largest absolute Gasteiger partial charge is 0.321 e. The highest BCUT2D eigenvalue weighted by atomic mass is 127. The molecular formula is C27H21IN2O. The van der Waals surface area contributed by atoms with Crippen LogP contribution in [0, 0.1) is 3.57 Å². The number of nitrogens with one attached hydrogen (secondary N) is 1. The van der Waals surface area contributed by atoms with Crippen molar-refractivity contribution in [3.63, 3.8) is 0 Å². The van der Waals surface area contributed by atoms with Gasteiger partial charge in [0.1, 0.15) is 0 Å². The van der Waals surface area contributed by atoms with Gasteiger partial charge in [-0.3, -0.25) is 4.79 Å². The van der Waals surface area contributed by atoms with Gasteiger partial charge in [0, 0.05) is 26.7 Å². The number of amides is 1. The Morgan fingerprint density at radius 1 is 0.710 bits per heavy atom. The number of nitrogens with zero attached hydrogens (tertiary/aromatic N) is 1. The lowest BCUT2D eigenvalue weighted by Gasteiger charge is -2.26. The third-order valence-electron chi connectivity index (χ3n) is 4.72. The van der Waals surface area contributed by atoms with Crippen LogP contribution in [0.3, 0.4) is 0 Å². The first kappa shape index (κ1) is 20.9. The van der Waals surface area contributed by atoms with Gasteiger partial charge in [0.2, 0.25) is 5.91 Å². The minimum Gasteiger partial charge on any atom is -0.321 e. The molecule has 3 nitrogen and oxygen atoms in total. The summed E-state index contributed by atoms with van der Waals surface area (Å²) < 4.78 is 0.976. The van der Waals surface area contributed by atoms with Gasteiger partial charge >= 0.3 is 0 Å². The average Bonchev–Trinajstić information content (AvgIpc) is 2.82. The first-order valence-electron chi connectivity index (χ1n) is 9.94. The molecule has 0 fully saturated rings. The Hall–Kier alpha value is -3.38. The molecule has 4 rings (SSSR count). The molecule has 4 heteroatoms. The van der Waals surface area contributed by atoms with E-state index in [1.807, 2.05) is 84.9 Å². The van der Waals surface area contributed by atoms with Crippen molar-refractivity contribution in [3.8, 4) is 0 Å². The maximum absolute atomic E-state index is 12.5. The van der Waals surface area contributed by atoms with Crippen molar-refractivity contribution < 1.29 is 4.79 Å². The molecule has 0 spiro atoms. The smallest absolute Gasteiger partial charge is 0.248 e. The van der Waals surface area contributed by atoms with Gasteiger partial charge in [0.15, 0.2) is 0 Å². The van der Waals surface area contributed by atoms with Gasteiger partial charge in [0.25, 0.3) is 0 Å². The number of rotatable bonds is 6. The van der Waals surface area contributed by atoms with Crippen molar-refractivity contribution in [1.82, 2.24) is 0 Å². The first-order chi connectivity index (χ1) is 15.2. The zero-order chi connectivity index (χ0) is 21.5. The van der Waals surface area contributed by atoms with E-state index in [1.165, 1.54) is 0 Å². The number of halogens is 1. The molecular weight excluding hydrogens is 495 g/mol. The van der Waals surface area contributed by atoms with Crippen LogP contribution < -0.4 is 10.2 Å². The van der Waals surface area contributed by atoms with Crippen LogP contribution >= 0.6 is 22.6 Å². The molecule has 0 atom stereocenters. The Morgan fingerprint density at radius 3 is 1.84 bits per heavy atom. The van der Waals surface area contributed by atoms with E-state index in [4.69, 9.17) is 0 Å². The van der Waals surface area contributed by atoms with E-state index in [2.05, 4.69) is 63.1 Å². The van der Waals surface area contributed by atoms with Crippen LogP contribution in [0.25, 0.3) is 6.08 Å². The summed E-state index contributed by atoms with van der Waals surface area (Å²) in [5.74, 6) is -0.162. The molecule has 0 radical (unpaired) electrons. The highest BCUT2D eigenvalue weighted by molar-refractivity contribution is 14.1. The normalized spacial score (nSPS) is 10.7. The van der Waals surface area contributed by atoms with Crippen LogP contribution in [0.1, 0.15) is 5.56 Å². The van der Waals surface area contributed by atoms with Crippen LogP contribution in [-0.4, -0.2) is 5.91 Å². The van der Waals surface area contributed by atoms with E-state index in [0.717, 1.165) is 31.9 Å². The molecule has 0 aliphatic heterocycles. The lowest BCUT2D eigenvalue weighted by atomic mass is 10.1. The monoisotopic (exact) mass is 516 g/mol. The second-order valence-corrected chi connectivity index (χ2v) is 8.07. The summed E-state index contributed by atoms with van der Waals surface area (Å²) >= 11 is 2.25. The van der Waals surface area contributed by atoms with Crippen molar-refractivity contribution in [3.05, 3.63) is 124 Å². The summed E-state index contributed by atoms with van der Waals surface area (Å²) in [7, 11) is 0. The van der Waals surface area contributed by atoms with Crippen LogP contribution in [0.15, 0.2) is 115 Å². The third kappa shape index (κ3) is 5.41. The molecule has 1 N–H and O–H groups in total. The standard InChI is InChI=1S/C27H21IN2O/c28-25-18-17-24(20-26(25)29-27(31)19-16-21-10-4-1-5-11-21)30(22-12-6-2-7-13-22)23-14-8-3-9-15-23/h1-20H,(H,29,31)/b19-16+. The van der Waals surface area contributed by atoms with Crippen LogP contribution in [0.4, 0.5) is 22.7 Å². The van der Waals surface area contributed by atoms with Crippen molar-refractivity contribution in [2.75, 3.05) is 10.2 Å². The highest BCUT2D eigenvalue weighted by Crippen LogP contribution is 2.36. The summed E-state index contributed by atoms with van der Waals surface area (Å²) in [5, 5.41) is 3.02. The van der Waals surface area contributed by atoms with Crippen LogP contribution in [0.2, 0.25) is 0 Å². The minimum absolute atomic E-state index is 0.162. The SMILES string of the molecule is O=C(/C=C/c1ccccc1)Nc1cc(N(c2ccccc2)c2ccccc2)ccc1I. The summed E-state index contributed by atoms with van der Waals surface area (Å²) in [5.41, 5.74) is 4.84. The van der Waals surface area contributed by atoms with Crippen LogP contribution in [0.5, 0.6) is 0 Å². The molecule has 0 unspecified atom stereocenters. The molecule has 0 aliphatic rings. The lowest BCUT2D eigenvalue weighted by Crippen LogP contribution is -2.12. The maximum Gasteiger partial charge on any atom is 0.248 e. The second-order valence-electron chi connectivity index (χ2n) is 6.90. The minimum atomic E-state index is -0.162. The number of carbonyl (C=O) groups is 1. The highest BCUT2D eigenvalue weighted by Gasteiger charge is 2.14. The summed E-state index contributed by atoms with van der Waals surface area (Å²) in [4.78, 5) is 14.7. The number of hydrogen-bond donors (Lipinski definition) is 1. The molecule has 0 bridgehead atoms. The van der Waals surface area contributed by atoms with Gasteiger partial charge < -0.3 is 10.2 Å². The predicted molar refractivity (Wildman–Crippen MR) is 138 cm³/mol. The van der Waals surface area contributed by atoms with E-state index in [1.54, 1.807) is 6.08 Å². The Labute approximate surface area is 196 Å². The Morgan fingerprint density at radius 2 is 1.26 bits per heavy atom. The van der Waals surface area contributed by atoms with Gasteiger partial charge in [-0.1, -0.05) is 66.7 Å². The quantitative estimate of drug-likeness (QED) is 0.214. The Balaban J connectivity index is 1.64. The Bertz CT molecular complexity index is 1140. The van der Waals surface area contributed by atoms with E-state index in [-0.39, 0.29) is 5.91 Å². The Kier molecular flexibility index (Phi) is 6.79. The van der Waals surface area contributed by atoms with Crippen molar-refractivity contribution in [1.29, 1.82) is 0 Å². The molecule has 152 valence electrons. The van der Waals surface area contributed by atoms with E-state index < -0.39 is 0 Å².